The van der Waals surface area contributed by atoms with Gasteiger partial charge in [-0.15, -0.1) is 0 Å². The number of fused-ring (bicyclic) bond motifs is 1. The molecule has 2 aromatic heterocycles. The molecule has 2 heterocycles. The largest absolute Gasteiger partial charge is 0.355 e. The van der Waals surface area contributed by atoms with Crippen molar-refractivity contribution in [1.29, 1.82) is 0 Å². The van der Waals surface area contributed by atoms with Crippen molar-refractivity contribution < 1.29 is 4.79 Å². The predicted molar refractivity (Wildman–Crippen MR) is 83.0 cm³/mol. The van der Waals surface area contributed by atoms with E-state index in [-0.39, 0.29) is 11.8 Å². The fourth-order valence-electron chi connectivity index (χ4n) is 3.31. The summed E-state index contributed by atoms with van der Waals surface area (Å²) in [6.45, 7) is 2.72. The van der Waals surface area contributed by atoms with Crippen LogP contribution in [0.4, 0.5) is 0 Å². The maximum atomic E-state index is 12.2. The van der Waals surface area contributed by atoms with Crippen molar-refractivity contribution in [3.63, 3.8) is 0 Å². The Balaban J connectivity index is 1.52. The second-order valence-corrected chi connectivity index (χ2v) is 6.04. The van der Waals surface area contributed by atoms with Gasteiger partial charge in [0, 0.05) is 25.1 Å². The molecule has 3 rings (SSSR count). The van der Waals surface area contributed by atoms with E-state index in [4.69, 9.17) is 0 Å². The lowest BCUT2D eigenvalue weighted by Crippen LogP contribution is -2.34. The van der Waals surface area contributed by atoms with E-state index >= 15 is 0 Å². The van der Waals surface area contributed by atoms with Gasteiger partial charge in [0.05, 0.1) is 11.7 Å². The summed E-state index contributed by atoms with van der Waals surface area (Å²) in [4.78, 5) is 16.6. The van der Waals surface area contributed by atoms with Crippen LogP contribution < -0.4 is 5.32 Å². The SMILES string of the molecule is CC(C(=O)NCCc1ncc2ccccn12)C1CCCC1. The molecule has 0 aromatic carbocycles. The van der Waals surface area contributed by atoms with Crippen LogP contribution in [0.15, 0.2) is 30.6 Å². The van der Waals surface area contributed by atoms with Gasteiger partial charge in [-0.1, -0.05) is 25.8 Å². The highest BCUT2D eigenvalue weighted by atomic mass is 16.1. The first-order chi connectivity index (χ1) is 10.3. The van der Waals surface area contributed by atoms with E-state index < -0.39 is 0 Å². The Labute approximate surface area is 125 Å². The van der Waals surface area contributed by atoms with Crippen LogP contribution in [0.2, 0.25) is 0 Å². The van der Waals surface area contributed by atoms with Crippen molar-refractivity contribution in [2.24, 2.45) is 11.8 Å². The molecule has 1 fully saturated rings. The van der Waals surface area contributed by atoms with Crippen molar-refractivity contribution in [2.45, 2.75) is 39.0 Å². The summed E-state index contributed by atoms with van der Waals surface area (Å²) in [7, 11) is 0. The molecule has 112 valence electrons. The molecule has 1 amide bonds. The summed E-state index contributed by atoms with van der Waals surface area (Å²) < 4.78 is 2.08. The lowest BCUT2D eigenvalue weighted by Gasteiger charge is -2.18. The van der Waals surface area contributed by atoms with Gasteiger partial charge in [-0.25, -0.2) is 4.98 Å². The van der Waals surface area contributed by atoms with Crippen LogP contribution in [0.5, 0.6) is 0 Å². The third kappa shape index (κ3) is 3.09. The second-order valence-electron chi connectivity index (χ2n) is 6.04. The minimum absolute atomic E-state index is 0.143. The van der Waals surface area contributed by atoms with E-state index in [2.05, 4.69) is 21.6 Å². The number of amides is 1. The average Bonchev–Trinajstić information content (AvgIpc) is 3.16. The highest BCUT2D eigenvalue weighted by Gasteiger charge is 2.26. The molecule has 4 heteroatoms. The molecule has 0 radical (unpaired) electrons. The van der Waals surface area contributed by atoms with Crippen molar-refractivity contribution in [3.05, 3.63) is 36.4 Å². The van der Waals surface area contributed by atoms with Gasteiger partial charge in [0.15, 0.2) is 0 Å². The van der Waals surface area contributed by atoms with Gasteiger partial charge in [0.1, 0.15) is 5.82 Å². The summed E-state index contributed by atoms with van der Waals surface area (Å²) in [6.07, 6.45) is 9.63. The van der Waals surface area contributed by atoms with Crippen LogP contribution in [-0.2, 0) is 11.2 Å². The van der Waals surface area contributed by atoms with Gasteiger partial charge < -0.3 is 9.72 Å². The van der Waals surface area contributed by atoms with Gasteiger partial charge in [0.25, 0.3) is 0 Å². The molecular weight excluding hydrogens is 262 g/mol. The van der Waals surface area contributed by atoms with E-state index in [0.717, 1.165) is 17.8 Å². The Morgan fingerprint density at radius 1 is 1.43 bits per heavy atom. The number of imidazole rings is 1. The van der Waals surface area contributed by atoms with E-state index in [1.54, 1.807) is 0 Å². The maximum absolute atomic E-state index is 12.2. The summed E-state index contributed by atoms with van der Waals surface area (Å²) in [5.41, 5.74) is 1.10. The molecule has 4 nitrogen and oxygen atoms in total. The van der Waals surface area contributed by atoms with Crippen LogP contribution in [0.3, 0.4) is 0 Å². The zero-order valence-corrected chi connectivity index (χ0v) is 12.6. The van der Waals surface area contributed by atoms with Crippen molar-refractivity contribution in [3.8, 4) is 0 Å². The first-order valence-electron chi connectivity index (χ1n) is 7.94. The topological polar surface area (TPSA) is 46.4 Å². The predicted octanol–water partition coefficient (Wildman–Crippen LogP) is 2.82. The lowest BCUT2D eigenvalue weighted by molar-refractivity contribution is -0.126. The number of hydrogen-bond donors (Lipinski definition) is 1. The minimum Gasteiger partial charge on any atom is -0.355 e. The van der Waals surface area contributed by atoms with Gasteiger partial charge in [-0.2, -0.15) is 0 Å². The number of carbonyl (C=O) groups is 1. The van der Waals surface area contributed by atoms with Crippen LogP contribution in [0, 0.1) is 11.8 Å². The van der Waals surface area contributed by atoms with E-state index in [1.807, 2.05) is 30.6 Å². The quantitative estimate of drug-likeness (QED) is 0.918. The normalized spacial score (nSPS) is 17.2. The third-order valence-corrected chi connectivity index (χ3v) is 4.68. The molecule has 0 aliphatic heterocycles. The van der Waals surface area contributed by atoms with Crippen molar-refractivity contribution in [2.75, 3.05) is 6.54 Å². The first-order valence-corrected chi connectivity index (χ1v) is 7.94. The van der Waals surface area contributed by atoms with Crippen LogP contribution >= 0.6 is 0 Å². The molecule has 1 unspecified atom stereocenters. The first kappa shape index (κ1) is 14.1. The fraction of sp³-hybridized carbons (Fsp3) is 0.529. The van der Waals surface area contributed by atoms with Crippen LogP contribution in [-0.4, -0.2) is 21.8 Å². The van der Waals surface area contributed by atoms with E-state index in [9.17, 15) is 4.79 Å². The number of hydrogen-bond acceptors (Lipinski definition) is 2. The maximum Gasteiger partial charge on any atom is 0.223 e. The van der Waals surface area contributed by atoms with E-state index in [0.29, 0.717) is 12.5 Å². The van der Waals surface area contributed by atoms with Crippen molar-refractivity contribution in [1.82, 2.24) is 14.7 Å². The Bertz CT molecular complexity index is 613. The zero-order valence-electron chi connectivity index (χ0n) is 12.6. The Kier molecular flexibility index (Phi) is 4.23. The van der Waals surface area contributed by atoms with Crippen LogP contribution in [0.1, 0.15) is 38.4 Å². The van der Waals surface area contributed by atoms with Crippen molar-refractivity contribution >= 4 is 11.4 Å². The lowest BCUT2D eigenvalue weighted by atomic mass is 9.92. The summed E-state index contributed by atoms with van der Waals surface area (Å²) in [6, 6.07) is 6.04. The number of aromatic nitrogens is 2. The highest BCUT2D eigenvalue weighted by Crippen LogP contribution is 2.31. The van der Waals surface area contributed by atoms with Gasteiger partial charge >= 0.3 is 0 Å². The van der Waals surface area contributed by atoms with Gasteiger partial charge in [0.2, 0.25) is 5.91 Å². The molecule has 1 aliphatic rings. The summed E-state index contributed by atoms with van der Waals surface area (Å²) >= 11 is 0. The van der Waals surface area contributed by atoms with Crippen LogP contribution in [0.25, 0.3) is 5.52 Å². The minimum atomic E-state index is 0.143. The summed E-state index contributed by atoms with van der Waals surface area (Å²) in [5, 5.41) is 3.07. The monoisotopic (exact) mass is 285 g/mol. The van der Waals surface area contributed by atoms with Gasteiger partial charge in [-0.05, 0) is 30.9 Å². The zero-order chi connectivity index (χ0) is 14.7. The highest BCUT2D eigenvalue weighted by molar-refractivity contribution is 5.78. The molecule has 1 atom stereocenters. The molecule has 21 heavy (non-hydrogen) atoms. The summed E-state index contributed by atoms with van der Waals surface area (Å²) in [5.74, 6) is 1.92. The Morgan fingerprint density at radius 2 is 2.24 bits per heavy atom. The fourth-order valence-corrected chi connectivity index (χ4v) is 3.31. The molecule has 0 bridgehead atoms. The van der Waals surface area contributed by atoms with Gasteiger partial charge in [-0.3, -0.25) is 4.79 Å². The smallest absolute Gasteiger partial charge is 0.223 e. The number of rotatable bonds is 5. The second kappa shape index (κ2) is 6.29. The molecule has 1 N–H and O–H groups in total. The molecule has 0 saturated heterocycles. The molecular formula is C17H23N3O. The molecule has 1 aliphatic carbocycles. The van der Waals surface area contributed by atoms with E-state index in [1.165, 1.54) is 25.7 Å². The molecule has 1 saturated carbocycles. The average molecular weight is 285 g/mol. The standard InChI is InChI=1S/C17H23N3O/c1-13(14-6-2-3-7-14)17(21)18-10-9-16-19-12-15-8-4-5-11-20(15)16/h4-5,8,11-14H,2-3,6-7,9-10H2,1H3,(H,18,21). The third-order valence-electron chi connectivity index (χ3n) is 4.68. The number of pyridine rings is 1. The Hall–Kier alpha value is -1.84. The molecule has 0 spiro atoms. The number of nitrogens with zero attached hydrogens (tertiary/aromatic N) is 2. The Morgan fingerprint density at radius 3 is 3.05 bits per heavy atom. The number of nitrogens with one attached hydrogen (secondary N) is 1. The number of carbonyl (C=O) groups excluding carboxylic acids is 1. The molecule has 2 aromatic rings.